The van der Waals surface area contributed by atoms with Gasteiger partial charge in [-0.3, -0.25) is 0 Å². The van der Waals surface area contributed by atoms with E-state index in [2.05, 4.69) is 4.98 Å². The normalized spacial score (nSPS) is 11.6. The Labute approximate surface area is 138 Å². The lowest BCUT2D eigenvalue weighted by Gasteiger charge is -2.04. The second-order valence-electron chi connectivity index (χ2n) is 5.22. The van der Waals surface area contributed by atoms with Gasteiger partial charge in [0.1, 0.15) is 18.1 Å². The zero-order valence-corrected chi connectivity index (χ0v) is 13.5. The van der Waals surface area contributed by atoms with Crippen molar-refractivity contribution in [2.75, 3.05) is 6.26 Å². The highest BCUT2D eigenvalue weighted by atomic mass is 32.2. The van der Waals surface area contributed by atoms with Crippen LogP contribution in [0.2, 0.25) is 0 Å². The molecule has 3 aromatic rings. The minimum absolute atomic E-state index is 0.0513. The topological polar surface area (TPSA) is 80.4 Å². The number of hydrogen-bond acceptors (Lipinski definition) is 5. The molecule has 2 aromatic carbocycles. The third-order valence-electron chi connectivity index (χ3n) is 3.48. The van der Waals surface area contributed by atoms with Crippen LogP contribution in [0.4, 0.5) is 4.39 Å². The van der Waals surface area contributed by atoms with Gasteiger partial charge in [0.05, 0.1) is 4.90 Å². The Morgan fingerprint density at radius 2 is 1.79 bits per heavy atom. The van der Waals surface area contributed by atoms with Gasteiger partial charge in [-0.15, -0.1) is 0 Å². The standard InChI is InChI=1S/C17H14FNO4S/c1-24(21,22)12-8-6-11(7-9-12)17-16(19-15(10-20)23-17)13-4-2-3-5-14(13)18/h2-9,20H,10H2,1H3. The maximum absolute atomic E-state index is 14.1. The number of halogens is 1. The van der Waals surface area contributed by atoms with Crippen molar-refractivity contribution in [3.8, 4) is 22.6 Å². The van der Waals surface area contributed by atoms with Crippen molar-refractivity contribution in [1.82, 2.24) is 4.98 Å². The maximum atomic E-state index is 14.1. The van der Waals surface area contributed by atoms with Crippen LogP contribution < -0.4 is 0 Å². The van der Waals surface area contributed by atoms with Gasteiger partial charge < -0.3 is 9.52 Å². The molecule has 3 rings (SSSR count). The number of aliphatic hydroxyl groups is 1. The summed E-state index contributed by atoms with van der Waals surface area (Å²) in [5, 5.41) is 9.26. The fraction of sp³-hybridized carbons (Fsp3) is 0.118. The molecule has 1 N–H and O–H groups in total. The summed E-state index contributed by atoms with van der Waals surface area (Å²) in [5.74, 6) is -0.149. The summed E-state index contributed by atoms with van der Waals surface area (Å²) in [5.41, 5.74) is 1.03. The lowest BCUT2D eigenvalue weighted by molar-refractivity contribution is 0.241. The zero-order valence-electron chi connectivity index (χ0n) is 12.7. The van der Waals surface area contributed by atoms with E-state index in [-0.39, 0.29) is 27.8 Å². The first-order valence-corrected chi connectivity index (χ1v) is 8.95. The van der Waals surface area contributed by atoms with Gasteiger partial charge in [-0.25, -0.2) is 17.8 Å². The van der Waals surface area contributed by atoms with Crippen LogP contribution >= 0.6 is 0 Å². The van der Waals surface area contributed by atoms with Crippen molar-refractivity contribution in [3.05, 3.63) is 60.2 Å². The van der Waals surface area contributed by atoms with Crippen molar-refractivity contribution < 1.29 is 22.3 Å². The Morgan fingerprint density at radius 3 is 2.38 bits per heavy atom. The van der Waals surface area contributed by atoms with E-state index in [0.29, 0.717) is 5.56 Å². The molecule has 0 amide bonds. The van der Waals surface area contributed by atoms with E-state index in [1.165, 1.54) is 18.2 Å². The number of rotatable bonds is 4. The molecule has 0 aliphatic rings. The molecule has 7 heteroatoms. The van der Waals surface area contributed by atoms with E-state index in [1.54, 1.807) is 30.3 Å². The van der Waals surface area contributed by atoms with Crippen molar-refractivity contribution in [3.63, 3.8) is 0 Å². The summed E-state index contributed by atoms with van der Waals surface area (Å²) < 4.78 is 42.7. The molecule has 0 aliphatic carbocycles. The second kappa shape index (κ2) is 6.18. The molecule has 1 aromatic heterocycles. The third kappa shape index (κ3) is 3.08. The van der Waals surface area contributed by atoms with Crippen LogP contribution in [0.25, 0.3) is 22.6 Å². The highest BCUT2D eigenvalue weighted by Crippen LogP contribution is 2.34. The maximum Gasteiger partial charge on any atom is 0.221 e. The molecule has 0 spiro atoms. The Bertz CT molecular complexity index is 978. The molecule has 0 saturated heterocycles. The molecule has 24 heavy (non-hydrogen) atoms. The van der Waals surface area contributed by atoms with Crippen molar-refractivity contribution in [1.29, 1.82) is 0 Å². The average molecular weight is 347 g/mol. The van der Waals surface area contributed by atoms with Gasteiger partial charge in [0, 0.05) is 17.4 Å². The smallest absolute Gasteiger partial charge is 0.221 e. The highest BCUT2D eigenvalue weighted by molar-refractivity contribution is 7.90. The number of oxazole rings is 1. The van der Waals surface area contributed by atoms with Crippen molar-refractivity contribution >= 4 is 9.84 Å². The van der Waals surface area contributed by atoms with E-state index in [4.69, 9.17) is 4.42 Å². The monoisotopic (exact) mass is 347 g/mol. The van der Waals surface area contributed by atoms with Crippen molar-refractivity contribution in [2.24, 2.45) is 0 Å². The van der Waals surface area contributed by atoms with Gasteiger partial charge >= 0.3 is 0 Å². The molecule has 0 unspecified atom stereocenters. The van der Waals surface area contributed by atoms with E-state index in [1.807, 2.05) is 0 Å². The predicted molar refractivity (Wildman–Crippen MR) is 86.4 cm³/mol. The number of nitrogens with zero attached hydrogens (tertiary/aromatic N) is 1. The highest BCUT2D eigenvalue weighted by Gasteiger charge is 2.19. The van der Waals surface area contributed by atoms with Gasteiger partial charge in [0.15, 0.2) is 15.6 Å². The van der Waals surface area contributed by atoms with Crippen LogP contribution in [0, 0.1) is 5.82 Å². The van der Waals surface area contributed by atoms with Crippen LogP contribution in [0.3, 0.4) is 0 Å². The van der Waals surface area contributed by atoms with Gasteiger partial charge in [-0.05, 0) is 36.4 Å². The first-order valence-electron chi connectivity index (χ1n) is 7.06. The Kier molecular flexibility index (Phi) is 4.21. The van der Waals surface area contributed by atoms with Crippen molar-refractivity contribution in [2.45, 2.75) is 11.5 Å². The molecule has 5 nitrogen and oxygen atoms in total. The minimum Gasteiger partial charge on any atom is -0.437 e. The summed E-state index contributed by atoms with van der Waals surface area (Å²) >= 11 is 0. The third-order valence-corrected chi connectivity index (χ3v) is 4.61. The van der Waals surface area contributed by atoms with Crippen LogP contribution in [0.1, 0.15) is 5.89 Å². The summed E-state index contributed by atoms with van der Waals surface area (Å²) in [6, 6.07) is 12.1. The van der Waals surface area contributed by atoms with Gasteiger partial charge in [0.2, 0.25) is 5.89 Å². The molecule has 0 radical (unpaired) electrons. The zero-order chi connectivity index (χ0) is 17.3. The number of sulfone groups is 1. The van der Waals surface area contributed by atoms with Crippen LogP contribution in [0.5, 0.6) is 0 Å². The lowest BCUT2D eigenvalue weighted by atomic mass is 10.1. The molecule has 0 aliphatic heterocycles. The molecular formula is C17H14FNO4S. The van der Waals surface area contributed by atoms with E-state index in [9.17, 15) is 17.9 Å². The first-order chi connectivity index (χ1) is 11.4. The van der Waals surface area contributed by atoms with Crippen LogP contribution in [-0.2, 0) is 16.4 Å². The number of benzene rings is 2. The van der Waals surface area contributed by atoms with E-state index in [0.717, 1.165) is 6.26 Å². The second-order valence-corrected chi connectivity index (χ2v) is 7.24. The molecule has 1 heterocycles. The van der Waals surface area contributed by atoms with Gasteiger partial charge in [-0.1, -0.05) is 12.1 Å². The minimum atomic E-state index is -3.32. The molecule has 124 valence electrons. The van der Waals surface area contributed by atoms with Crippen LogP contribution in [0.15, 0.2) is 57.8 Å². The van der Waals surface area contributed by atoms with Gasteiger partial charge in [-0.2, -0.15) is 0 Å². The fourth-order valence-corrected chi connectivity index (χ4v) is 2.95. The number of hydrogen-bond donors (Lipinski definition) is 1. The molecule has 0 fully saturated rings. The Balaban J connectivity index is 2.15. The number of aliphatic hydroxyl groups excluding tert-OH is 1. The SMILES string of the molecule is CS(=O)(=O)c1ccc(-c2oc(CO)nc2-c2ccccc2F)cc1. The number of aromatic nitrogens is 1. The average Bonchev–Trinajstić information content (AvgIpc) is 2.99. The van der Waals surface area contributed by atoms with E-state index < -0.39 is 22.3 Å². The fourth-order valence-electron chi connectivity index (χ4n) is 2.32. The Hall–Kier alpha value is -2.51. The lowest BCUT2D eigenvalue weighted by Crippen LogP contribution is -1.96. The molecule has 0 bridgehead atoms. The van der Waals surface area contributed by atoms with Gasteiger partial charge in [0.25, 0.3) is 0 Å². The summed E-state index contributed by atoms with van der Waals surface area (Å²) in [4.78, 5) is 4.30. The Morgan fingerprint density at radius 1 is 1.12 bits per heavy atom. The predicted octanol–water partition coefficient (Wildman–Crippen LogP) is 3.04. The largest absolute Gasteiger partial charge is 0.437 e. The molecule has 0 saturated carbocycles. The van der Waals surface area contributed by atoms with E-state index >= 15 is 0 Å². The quantitative estimate of drug-likeness (QED) is 0.784. The summed E-state index contributed by atoms with van der Waals surface area (Å²) in [7, 11) is -3.32. The first kappa shape index (κ1) is 16.4. The molecular weight excluding hydrogens is 333 g/mol. The van der Waals surface area contributed by atoms with Crippen LogP contribution in [-0.4, -0.2) is 24.8 Å². The molecule has 0 atom stereocenters. The summed E-state index contributed by atoms with van der Waals surface area (Å²) in [6.45, 7) is -0.428. The summed E-state index contributed by atoms with van der Waals surface area (Å²) in [6.07, 6.45) is 1.12.